The van der Waals surface area contributed by atoms with Crippen LogP contribution in [-0.2, 0) is 11.3 Å². The molecule has 15 heavy (non-hydrogen) atoms. The summed E-state index contributed by atoms with van der Waals surface area (Å²) in [5.41, 5.74) is 0.811. The molecule has 1 aromatic carbocycles. The molecule has 0 fully saturated rings. The third kappa shape index (κ3) is 1.81. The van der Waals surface area contributed by atoms with Gasteiger partial charge in [-0.15, -0.1) is 0 Å². The molecule has 0 atom stereocenters. The summed E-state index contributed by atoms with van der Waals surface area (Å²) in [6, 6.07) is 2.91. The number of hydrogen-bond donors (Lipinski definition) is 1. The topological polar surface area (TPSA) is 79.9 Å². The van der Waals surface area contributed by atoms with Crippen LogP contribution >= 0.6 is 11.3 Å². The van der Waals surface area contributed by atoms with Crippen LogP contribution in [0.25, 0.3) is 10.3 Å². The van der Waals surface area contributed by atoms with Gasteiger partial charge in [0.05, 0.1) is 11.2 Å². The predicted octanol–water partition coefficient (Wildman–Crippen LogP) is 1.40. The fraction of sp³-hybridized carbons (Fsp3) is 0.111. The molecule has 0 radical (unpaired) electrons. The van der Waals surface area contributed by atoms with Crippen molar-refractivity contribution in [3.63, 3.8) is 0 Å². The van der Waals surface area contributed by atoms with Gasteiger partial charge in [0.2, 0.25) is 6.08 Å². The first-order chi connectivity index (χ1) is 7.20. The lowest BCUT2D eigenvalue weighted by atomic mass is 10.2. The number of phenolic OH excluding ortho intramolecular Hbond substituents is 1. The number of benzene rings is 1. The minimum Gasteiger partial charge on any atom is -0.508 e. The zero-order valence-electron chi connectivity index (χ0n) is 7.39. The largest absolute Gasteiger partial charge is 0.508 e. The van der Waals surface area contributed by atoms with E-state index in [9.17, 15) is 14.7 Å². The van der Waals surface area contributed by atoms with Crippen molar-refractivity contribution in [3.05, 3.63) is 27.4 Å². The quantitative estimate of drug-likeness (QED) is 0.616. The molecule has 0 unspecified atom stereocenters. The number of isocyanates is 1. The van der Waals surface area contributed by atoms with Gasteiger partial charge >= 0.3 is 4.94 Å². The van der Waals surface area contributed by atoms with Crippen LogP contribution in [0, 0.1) is 0 Å². The van der Waals surface area contributed by atoms with E-state index in [0.717, 1.165) is 11.3 Å². The Balaban J connectivity index is 2.60. The van der Waals surface area contributed by atoms with E-state index >= 15 is 0 Å². The molecule has 76 valence electrons. The zero-order valence-corrected chi connectivity index (χ0v) is 8.21. The van der Waals surface area contributed by atoms with Crippen LogP contribution in [0.15, 0.2) is 26.3 Å². The summed E-state index contributed by atoms with van der Waals surface area (Å²) < 4.78 is 5.42. The van der Waals surface area contributed by atoms with Crippen molar-refractivity contribution in [2.24, 2.45) is 4.99 Å². The molecule has 0 saturated heterocycles. The predicted molar refractivity (Wildman–Crippen MR) is 53.9 cm³/mol. The van der Waals surface area contributed by atoms with Crippen LogP contribution in [0.2, 0.25) is 0 Å². The molecule has 1 N–H and O–H groups in total. The van der Waals surface area contributed by atoms with Gasteiger partial charge in [0, 0.05) is 11.6 Å². The van der Waals surface area contributed by atoms with E-state index in [1.54, 1.807) is 0 Å². The number of aliphatic imine (C=N–C) groups is 1. The normalized spacial score (nSPS) is 10.1. The van der Waals surface area contributed by atoms with Gasteiger partial charge in [-0.3, -0.25) is 0 Å². The molecule has 1 aromatic heterocycles. The number of phenols is 1. The Morgan fingerprint density at radius 1 is 1.53 bits per heavy atom. The van der Waals surface area contributed by atoms with Crippen molar-refractivity contribution in [2.45, 2.75) is 6.54 Å². The van der Waals surface area contributed by atoms with E-state index in [1.165, 1.54) is 18.2 Å². The second-order valence-corrected chi connectivity index (χ2v) is 3.77. The van der Waals surface area contributed by atoms with Crippen molar-refractivity contribution in [3.8, 4) is 5.75 Å². The molecule has 6 heteroatoms. The lowest BCUT2D eigenvalue weighted by Gasteiger charge is -1.98. The van der Waals surface area contributed by atoms with Crippen molar-refractivity contribution in [2.75, 3.05) is 0 Å². The monoisotopic (exact) mass is 223 g/mol. The molecule has 2 aromatic rings. The third-order valence-corrected chi connectivity index (χ3v) is 2.63. The SMILES string of the molecule is O=C=NCc1cc2oc(=O)sc2cc1O. The standard InChI is InChI=1S/C9H5NO4S/c11-4-10-3-5-1-7-8(2-6(5)12)15-9(13)14-7/h1-2,12H,3H2. The van der Waals surface area contributed by atoms with Crippen molar-refractivity contribution < 1.29 is 14.3 Å². The maximum Gasteiger partial charge on any atom is 0.396 e. The van der Waals surface area contributed by atoms with Gasteiger partial charge in [-0.05, 0) is 6.07 Å². The first-order valence-corrected chi connectivity index (χ1v) is 4.81. The molecule has 0 spiro atoms. The van der Waals surface area contributed by atoms with Gasteiger partial charge in [0.15, 0.2) is 0 Å². The van der Waals surface area contributed by atoms with Crippen LogP contribution in [0.5, 0.6) is 5.75 Å². The molecular weight excluding hydrogens is 218 g/mol. The molecule has 0 aliphatic heterocycles. The van der Waals surface area contributed by atoms with E-state index in [1.807, 2.05) is 0 Å². The summed E-state index contributed by atoms with van der Waals surface area (Å²) in [5, 5.41) is 9.52. The first-order valence-electron chi connectivity index (χ1n) is 4.00. The molecule has 5 nitrogen and oxygen atoms in total. The van der Waals surface area contributed by atoms with Gasteiger partial charge in [-0.2, -0.15) is 0 Å². The Hall–Kier alpha value is -1.91. The molecule has 0 saturated carbocycles. The Kier molecular flexibility index (Phi) is 2.37. The smallest absolute Gasteiger partial charge is 0.396 e. The van der Waals surface area contributed by atoms with Crippen molar-refractivity contribution in [1.82, 2.24) is 0 Å². The van der Waals surface area contributed by atoms with Crippen LogP contribution < -0.4 is 4.94 Å². The average Bonchev–Trinajstić information content (AvgIpc) is 2.53. The van der Waals surface area contributed by atoms with Crippen LogP contribution in [0.1, 0.15) is 5.56 Å². The number of carbonyl (C=O) groups excluding carboxylic acids is 1. The van der Waals surface area contributed by atoms with Gasteiger partial charge in [-0.25, -0.2) is 14.6 Å². The maximum absolute atomic E-state index is 10.9. The number of rotatable bonds is 2. The summed E-state index contributed by atoms with van der Waals surface area (Å²) in [4.78, 5) is 23.7. The lowest BCUT2D eigenvalue weighted by molar-refractivity contribution is 0.468. The highest BCUT2D eigenvalue weighted by molar-refractivity contribution is 7.16. The molecule has 2 rings (SSSR count). The van der Waals surface area contributed by atoms with Gasteiger partial charge < -0.3 is 9.52 Å². The molecule has 0 aliphatic carbocycles. The fourth-order valence-corrected chi connectivity index (χ4v) is 1.88. The van der Waals surface area contributed by atoms with E-state index in [0.29, 0.717) is 15.8 Å². The number of fused-ring (bicyclic) bond motifs is 1. The fourth-order valence-electron chi connectivity index (χ4n) is 1.20. The molecule has 1 heterocycles. The summed E-state index contributed by atoms with van der Waals surface area (Å²) in [6.07, 6.45) is 1.37. The third-order valence-electron chi connectivity index (χ3n) is 1.85. The number of nitrogens with zero attached hydrogens (tertiary/aromatic N) is 1. The van der Waals surface area contributed by atoms with Gasteiger partial charge in [0.25, 0.3) is 0 Å². The van der Waals surface area contributed by atoms with Crippen molar-refractivity contribution in [1.29, 1.82) is 0 Å². The van der Waals surface area contributed by atoms with E-state index < -0.39 is 4.94 Å². The Morgan fingerprint density at radius 2 is 2.33 bits per heavy atom. The minimum absolute atomic E-state index is 0.0152. The first kappa shape index (κ1) is 9.64. The summed E-state index contributed by atoms with van der Waals surface area (Å²) >= 11 is 0.909. The Bertz CT molecular complexity index is 606. The Morgan fingerprint density at radius 3 is 3.07 bits per heavy atom. The minimum atomic E-state index is -0.430. The van der Waals surface area contributed by atoms with E-state index in [-0.39, 0.29) is 12.3 Å². The summed E-state index contributed by atoms with van der Waals surface area (Å²) in [6.45, 7) is 0.0187. The molecular formula is C9H5NO4S. The second kappa shape index (κ2) is 3.68. The highest BCUT2D eigenvalue weighted by Gasteiger charge is 2.07. The van der Waals surface area contributed by atoms with Crippen LogP contribution in [0.4, 0.5) is 0 Å². The Labute approximate surface area is 87.3 Å². The van der Waals surface area contributed by atoms with Crippen LogP contribution in [-0.4, -0.2) is 11.2 Å². The maximum atomic E-state index is 10.9. The number of aromatic hydroxyl groups is 1. The van der Waals surface area contributed by atoms with E-state index in [4.69, 9.17) is 4.42 Å². The molecule has 0 aliphatic rings. The second-order valence-electron chi connectivity index (χ2n) is 2.79. The highest BCUT2D eigenvalue weighted by Crippen LogP contribution is 2.27. The number of hydrogen-bond acceptors (Lipinski definition) is 6. The van der Waals surface area contributed by atoms with Gasteiger partial charge in [0.1, 0.15) is 11.3 Å². The summed E-state index contributed by atoms with van der Waals surface area (Å²) in [7, 11) is 0. The summed E-state index contributed by atoms with van der Waals surface area (Å²) in [5.74, 6) is -0.0152. The molecule has 0 bridgehead atoms. The van der Waals surface area contributed by atoms with Crippen LogP contribution in [0.3, 0.4) is 0 Å². The van der Waals surface area contributed by atoms with Crippen molar-refractivity contribution >= 4 is 27.7 Å². The van der Waals surface area contributed by atoms with Gasteiger partial charge in [-0.1, -0.05) is 11.3 Å². The zero-order chi connectivity index (χ0) is 10.8. The van der Waals surface area contributed by atoms with E-state index in [2.05, 4.69) is 4.99 Å². The highest BCUT2D eigenvalue weighted by atomic mass is 32.1. The average molecular weight is 223 g/mol. The molecule has 0 amide bonds. The lowest BCUT2D eigenvalue weighted by Crippen LogP contribution is -1.82.